The van der Waals surface area contributed by atoms with Gasteiger partial charge in [-0.3, -0.25) is 0 Å². The summed E-state index contributed by atoms with van der Waals surface area (Å²) in [5.41, 5.74) is 0. The van der Waals surface area contributed by atoms with Crippen LogP contribution in [-0.4, -0.2) is 43.1 Å². The number of ether oxygens (including phenoxy) is 1. The third kappa shape index (κ3) is 4.63. The highest BCUT2D eigenvalue weighted by molar-refractivity contribution is 6.17. The number of alkyl halides is 1. The van der Waals surface area contributed by atoms with Gasteiger partial charge in [-0.05, 0) is 39.2 Å². The summed E-state index contributed by atoms with van der Waals surface area (Å²) in [6.45, 7) is 6.55. The van der Waals surface area contributed by atoms with E-state index in [0.717, 1.165) is 18.9 Å². The van der Waals surface area contributed by atoms with Crippen molar-refractivity contribution in [3.8, 4) is 0 Å². The molecule has 0 aliphatic carbocycles. The second-order valence-corrected chi connectivity index (χ2v) is 4.27. The van der Waals surface area contributed by atoms with Gasteiger partial charge in [0.1, 0.15) is 0 Å². The van der Waals surface area contributed by atoms with Crippen molar-refractivity contribution in [2.24, 2.45) is 0 Å². The number of nitrogens with zero attached hydrogens (tertiary/aromatic N) is 1. The summed E-state index contributed by atoms with van der Waals surface area (Å²) >= 11 is 5.65. The Balaban J connectivity index is 2.03. The van der Waals surface area contributed by atoms with Gasteiger partial charge in [0.05, 0.1) is 6.10 Å². The van der Waals surface area contributed by atoms with Crippen LogP contribution in [0.4, 0.5) is 0 Å². The van der Waals surface area contributed by atoms with Gasteiger partial charge in [0, 0.05) is 25.6 Å². The molecule has 0 unspecified atom stereocenters. The van der Waals surface area contributed by atoms with Crippen LogP contribution in [0.1, 0.15) is 32.6 Å². The first kappa shape index (κ1) is 12.3. The van der Waals surface area contributed by atoms with Crippen molar-refractivity contribution in [1.82, 2.24) is 4.90 Å². The van der Waals surface area contributed by atoms with Crippen LogP contribution >= 0.6 is 11.6 Å². The summed E-state index contributed by atoms with van der Waals surface area (Å²) in [7, 11) is 0. The van der Waals surface area contributed by atoms with Gasteiger partial charge in [-0.2, -0.15) is 0 Å². The molecule has 0 N–H and O–H groups in total. The Bertz CT molecular complexity index is 135. The Morgan fingerprint density at radius 1 is 1.29 bits per heavy atom. The Labute approximate surface area is 92.6 Å². The highest BCUT2D eigenvalue weighted by Crippen LogP contribution is 2.13. The molecule has 0 atom stereocenters. The first-order valence-corrected chi connectivity index (χ1v) is 6.30. The zero-order valence-electron chi connectivity index (χ0n) is 9.17. The molecule has 0 bridgehead atoms. The zero-order valence-corrected chi connectivity index (χ0v) is 9.93. The molecule has 1 aliphatic heterocycles. The summed E-state index contributed by atoms with van der Waals surface area (Å²) in [5, 5.41) is 0. The lowest BCUT2D eigenvalue weighted by atomic mass is 10.1. The van der Waals surface area contributed by atoms with E-state index in [1.165, 1.54) is 38.9 Å². The van der Waals surface area contributed by atoms with Crippen LogP contribution in [-0.2, 0) is 4.74 Å². The Hall–Kier alpha value is 0.210. The van der Waals surface area contributed by atoms with Gasteiger partial charge < -0.3 is 9.64 Å². The Morgan fingerprint density at radius 3 is 2.57 bits per heavy atom. The molecular weight excluding hydrogens is 198 g/mol. The Kier molecular flexibility index (Phi) is 6.57. The van der Waals surface area contributed by atoms with Gasteiger partial charge in [0.25, 0.3) is 0 Å². The van der Waals surface area contributed by atoms with Crippen LogP contribution in [0.5, 0.6) is 0 Å². The summed E-state index contributed by atoms with van der Waals surface area (Å²) in [4.78, 5) is 2.53. The minimum atomic E-state index is 0.518. The topological polar surface area (TPSA) is 12.5 Å². The number of hydrogen-bond acceptors (Lipinski definition) is 2. The zero-order chi connectivity index (χ0) is 10.2. The lowest BCUT2D eigenvalue weighted by Crippen LogP contribution is -2.37. The average Bonchev–Trinajstić information content (AvgIpc) is 2.21. The molecule has 1 rings (SSSR count). The fourth-order valence-corrected chi connectivity index (χ4v) is 2.15. The van der Waals surface area contributed by atoms with Crippen LogP contribution in [0.3, 0.4) is 0 Å². The fraction of sp³-hybridized carbons (Fsp3) is 1.00. The third-order valence-electron chi connectivity index (χ3n) is 2.79. The van der Waals surface area contributed by atoms with E-state index in [1.807, 2.05) is 0 Å². The Morgan fingerprint density at radius 2 is 2.00 bits per heavy atom. The minimum absolute atomic E-state index is 0.518. The maximum atomic E-state index is 5.65. The smallest absolute Gasteiger partial charge is 0.0599 e. The fourth-order valence-electron chi connectivity index (χ4n) is 1.97. The molecule has 0 radical (unpaired) electrons. The van der Waals surface area contributed by atoms with Crippen LogP contribution in [0.25, 0.3) is 0 Å². The van der Waals surface area contributed by atoms with E-state index in [2.05, 4.69) is 11.8 Å². The van der Waals surface area contributed by atoms with E-state index in [-0.39, 0.29) is 0 Å². The maximum absolute atomic E-state index is 5.65. The van der Waals surface area contributed by atoms with Crippen LogP contribution in [0.2, 0.25) is 0 Å². The van der Waals surface area contributed by atoms with E-state index >= 15 is 0 Å². The normalized spacial score (nSPS) is 20.1. The van der Waals surface area contributed by atoms with Gasteiger partial charge in [0.15, 0.2) is 0 Å². The molecule has 0 aromatic carbocycles. The lowest BCUT2D eigenvalue weighted by Gasteiger charge is -2.31. The van der Waals surface area contributed by atoms with Gasteiger partial charge in [-0.15, -0.1) is 11.6 Å². The lowest BCUT2D eigenvalue weighted by molar-refractivity contribution is 0.0141. The predicted molar refractivity (Wildman–Crippen MR) is 61.0 cm³/mol. The number of hydrogen-bond donors (Lipinski definition) is 0. The molecule has 1 saturated heterocycles. The maximum Gasteiger partial charge on any atom is 0.0599 e. The molecule has 0 aromatic rings. The monoisotopic (exact) mass is 219 g/mol. The average molecular weight is 220 g/mol. The van der Waals surface area contributed by atoms with E-state index in [9.17, 15) is 0 Å². The van der Waals surface area contributed by atoms with Gasteiger partial charge in [-0.25, -0.2) is 0 Å². The van der Waals surface area contributed by atoms with Crippen molar-refractivity contribution in [2.75, 3.05) is 32.1 Å². The second-order valence-electron chi connectivity index (χ2n) is 3.89. The number of rotatable bonds is 6. The molecule has 2 nitrogen and oxygen atoms in total. The highest BCUT2D eigenvalue weighted by atomic mass is 35.5. The number of piperidine rings is 1. The van der Waals surface area contributed by atoms with Gasteiger partial charge >= 0.3 is 0 Å². The summed E-state index contributed by atoms with van der Waals surface area (Å²) in [5.74, 6) is 0.801. The standard InChI is InChI=1S/C11H22ClNO/c1-2-14-11-5-9-13(10-6-11)8-4-3-7-12/h11H,2-10H2,1H3. The molecule has 84 valence electrons. The first-order valence-electron chi connectivity index (χ1n) is 5.76. The SMILES string of the molecule is CCOC1CCN(CCCCCl)CC1. The molecule has 0 amide bonds. The van der Waals surface area contributed by atoms with Crippen LogP contribution in [0, 0.1) is 0 Å². The largest absolute Gasteiger partial charge is 0.378 e. The summed E-state index contributed by atoms with van der Waals surface area (Å²) < 4.78 is 5.61. The molecule has 1 aliphatic rings. The van der Waals surface area contributed by atoms with Crippen LogP contribution in [0.15, 0.2) is 0 Å². The quantitative estimate of drug-likeness (QED) is 0.503. The summed E-state index contributed by atoms with van der Waals surface area (Å²) in [6, 6.07) is 0. The molecular formula is C11H22ClNO. The van der Waals surface area contributed by atoms with E-state index in [1.54, 1.807) is 0 Å². The van der Waals surface area contributed by atoms with E-state index in [4.69, 9.17) is 16.3 Å². The number of likely N-dealkylation sites (tertiary alicyclic amines) is 1. The molecule has 0 saturated carbocycles. The van der Waals surface area contributed by atoms with Crippen molar-refractivity contribution in [1.29, 1.82) is 0 Å². The third-order valence-corrected chi connectivity index (χ3v) is 3.06. The first-order chi connectivity index (χ1) is 6.86. The molecule has 0 spiro atoms. The minimum Gasteiger partial charge on any atom is -0.378 e. The molecule has 1 fully saturated rings. The number of unbranched alkanes of at least 4 members (excludes halogenated alkanes) is 1. The molecule has 1 heterocycles. The van der Waals surface area contributed by atoms with Gasteiger partial charge in [0.2, 0.25) is 0 Å². The highest BCUT2D eigenvalue weighted by Gasteiger charge is 2.18. The van der Waals surface area contributed by atoms with Gasteiger partial charge in [-0.1, -0.05) is 0 Å². The molecule has 3 heteroatoms. The van der Waals surface area contributed by atoms with Crippen LogP contribution < -0.4 is 0 Å². The predicted octanol–water partition coefficient (Wildman–Crippen LogP) is 2.51. The molecule has 0 aromatic heterocycles. The summed E-state index contributed by atoms with van der Waals surface area (Å²) in [6.07, 6.45) is 5.31. The van der Waals surface area contributed by atoms with Crippen molar-refractivity contribution < 1.29 is 4.74 Å². The van der Waals surface area contributed by atoms with Crippen molar-refractivity contribution in [3.05, 3.63) is 0 Å². The second kappa shape index (κ2) is 7.49. The van der Waals surface area contributed by atoms with E-state index < -0.39 is 0 Å². The molecule has 14 heavy (non-hydrogen) atoms. The number of halogens is 1. The van der Waals surface area contributed by atoms with E-state index in [0.29, 0.717) is 6.10 Å². The van der Waals surface area contributed by atoms with Crippen molar-refractivity contribution in [2.45, 2.75) is 38.7 Å². The van der Waals surface area contributed by atoms with Crippen molar-refractivity contribution in [3.63, 3.8) is 0 Å². The van der Waals surface area contributed by atoms with Crippen molar-refractivity contribution >= 4 is 11.6 Å².